The molecule has 4 nitrogen and oxygen atoms in total. The van der Waals surface area contributed by atoms with Gasteiger partial charge in [0.1, 0.15) is 5.75 Å². The Labute approximate surface area is 162 Å². The lowest BCUT2D eigenvalue weighted by Gasteiger charge is -2.13. The summed E-state index contributed by atoms with van der Waals surface area (Å²) < 4.78 is 10.5. The molecule has 146 valence electrons. The zero-order valence-electron chi connectivity index (χ0n) is 16.2. The van der Waals surface area contributed by atoms with Crippen LogP contribution in [0.3, 0.4) is 0 Å². The van der Waals surface area contributed by atoms with E-state index in [0.717, 1.165) is 18.4 Å². The van der Waals surface area contributed by atoms with E-state index in [9.17, 15) is 9.59 Å². The molecule has 0 N–H and O–H groups in total. The molecule has 0 aliphatic rings. The Morgan fingerprint density at radius 3 is 2.38 bits per heavy atom. The molecule has 0 bridgehead atoms. The second-order valence-corrected chi connectivity index (χ2v) is 7.17. The van der Waals surface area contributed by atoms with Gasteiger partial charge in [-0.3, -0.25) is 9.59 Å². The molecule has 1 unspecified atom stereocenters. The van der Waals surface area contributed by atoms with Gasteiger partial charge in [-0.25, -0.2) is 0 Å². The zero-order chi connectivity index (χ0) is 19.4. The third-order valence-corrected chi connectivity index (χ3v) is 4.44. The molecule has 26 heavy (non-hydrogen) atoms. The van der Waals surface area contributed by atoms with Crippen LogP contribution in [0.25, 0.3) is 0 Å². The number of carbonyl (C=O) groups is 2. The average molecular weight is 383 g/mol. The summed E-state index contributed by atoms with van der Waals surface area (Å²) in [6.45, 7) is 6.00. The molecule has 0 fully saturated rings. The fourth-order valence-corrected chi connectivity index (χ4v) is 2.89. The average Bonchev–Trinajstić information content (AvgIpc) is 2.58. The van der Waals surface area contributed by atoms with E-state index in [1.807, 2.05) is 19.9 Å². The van der Waals surface area contributed by atoms with Gasteiger partial charge in [-0.15, -0.1) is 0 Å². The minimum Gasteiger partial charge on any atom is -0.463 e. The summed E-state index contributed by atoms with van der Waals surface area (Å²) in [5.74, 6) is -0.543. The topological polar surface area (TPSA) is 52.6 Å². The number of hydrogen-bond acceptors (Lipinski definition) is 4. The van der Waals surface area contributed by atoms with Crippen LogP contribution in [-0.4, -0.2) is 18.0 Å². The van der Waals surface area contributed by atoms with Gasteiger partial charge in [0.15, 0.2) is 0 Å². The zero-order valence-corrected chi connectivity index (χ0v) is 16.9. The van der Waals surface area contributed by atoms with E-state index < -0.39 is 5.97 Å². The minimum atomic E-state index is -0.490. The molecular formula is C21H31ClO4. The van der Waals surface area contributed by atoms with Crippen molar-refractivity contribution in [3.63, 3.8) is 0 Å². The van der Waals surface area contributed by atoms with Crippen molar-refractivity contribution in [2.45, 2.75) is 84.7 Å². The summed E-state index contributed by atoms with van der Waals surface area (Å²) >= 11 is 6.02. The molecular weight excluding hydrogens is 352 g/mol. The number of halogens is 1. The number of rotatable bonds is 12. The Morgan fingerprint density at radius 1 is 1.04 bits per heavy atom. The number of carbonyl (C=O) groups excluding carboxylic acids is 2. The van der Waals surface area contributed by atoms with Gasteiger partial charge in [0.05, 0.1) is 24.0 Å². The molecule has 0 saturated carbocycles. The second-order valence-electron chi connectivity index (χ2n) is 6.76. The van der Waals surface area contributed by atoms with Gasteiger partial charge >= 0.3 is 11.9 Å². The van der Waals surface area contributed by atoms with Crippen molar-refractivity contribution in [2.24, 2.45) is 0 Å². The summed E-state index contributed by atoms with van der Waals surface area (Å²) in [6, 6.07) is 5.19. The quantitative estimate of drug-likeness (QED) is 0.252. The van der Waals surface area contributed by atoms with E-state index in [-0.39, 0.29) is 24.9 Å². The predicted octanol–water partition coefficient (Wildman–Crippen LogP) is 6.02. The van der Waals surface area contributed by atoms with Crippen LogP contribution in [0.2, 0.25) is 5.02 Å². The summed E-state index contributed by atoms with van der Waals surface area (Å²) in [4.78, 5) is 23.7. The maximum absolute atomic E-state index is 11.8. The van der Waals surface area contributed by atoms with Gasteiger partial charge in [-0.05, 0) is 44.4 Å². The number of hydrogen-bond donors (Lipinski definition) is 0. The van der Waals surface area contributed by atoms with Crippen molar-refractivity contribution >= 4 is 23.5 Å². The molecule has 0 saturated heterocycles. The van der Waals surface area contributed by atoms with Gasteiger partial charge in [0, 0.05) is 0 Å². The largest absolute Gasteiger partial charge is 0.463 e. The van der Waals surface area contributed by atoms with Crippen LogP contribution < -0.4 is 4.74 Å². The number of ether oxygens (including phenoxy) is 2. The van der Waals surface area contributed by atoms with Crippen molar-refractivity contribution < 1.29 is 19.1 Å². The highest BCUT2D eigenvalue weighted by Crippen LogP contribution is 2.25. The third kappa shape index (κ3) is 9.81. The molecule has 0 aliphatic carbocycles. The smallest absolute Gasteiger partial charge is 0.311 e. The first kappa shape index (κ1) is 22.5. The van der Waals surface area contributed by atoms with Crippen LogP contribution in [0, 0.1) is 6.92 Å². The van der Waals surface area contributed by atoms with Crippen molar-refractivity contribution in [2.75, 3.05) is 0 Å². The summed E-state index contributed by atoms with van der Waals surface area (Å²) in [7, 11) is 0. The molecule has 0 heterocycles. The first-order chi connectivity index (χ1) is 12.4. The molecule has 1 atom stereocenters. The van der Waals surface area contributed by atoms with E-state index in [2.05, 4.69) is 6.92 Å². The highest BCUT2D eigenvalue weighted by Gasteiger charge is 2.14. The van der Waals surface area contributed by atoms with Crippen molar-refractivity contribution in [1.29, 1.82) is 0 Å². The van der Waals surface area contributed by atoms with Crippen molar-refractivity contribution in [3.8, 4) is 5.75 Å². The van der Waals surface area contributed by atoms with Crippen LogP contribution in [0.15, 0.2) is 18.2 Å². The summed E-state index contributed by atoms with van der Waals surface area (Å²) in [6.07, 6.45) is 8.02. The Hall–Kier alpha value is -1.55. The summed E-state index contributed by atoms with van der Waals surface area (Å²) in [5.41, 5.74) is 0.984. The lowest BCUT2D eigenvalue weighted by atomic mass is 10.1. The number of unbranched alkanes of at least 4 members (excludes halogenated alkanes) is 5. The van der Waals surface area contributed by atoms with E-state index in [1.165, 1.54) is 32.1 Å². The number of esters is 2. The highest BCUT2D eigenvalue weighted by molar-refractivity contribution is 6.32. The molecule has 0 amide bonds. The fraction of sp³-hybridized carbons (Fsp3) is 0.619. The van der Waals surface area contributed by atoms with E-state index in [0.29, 0.717) is 10.8 Å². The summed E-state index contributed by atoms with van der Waals surface area (Å²) in [5, 5.41) is 0.383. The molecule has 1 aromatic carbocycles. The van der Waals surface area contributed by atoms with Crippen LogP contribution in [0.1, 0.15) is 77.2 Å². The second kappa shape index (κ2) is 12.7. The standard InChI is InChI=1S/C21H31ClO4/c1-4-5-6-7-8-9-10-17(3)25-20(23)13-14-21(24)26-19-12-11-16(2)15-18(19)22/h11-12,15,17H,4-10,13-14H2,1-3H3. The SMILES string of the molecule is CCCCCCCCC(C)OC(=O)CCC(=O)Oc1ccc(C)cc1Cl. The Morgan fingerprint density at radius 2 is 1.69 bits per heavy atom. The normalized spacial score (nSPS) is 11.8. The first-order valence-corrected chi connectivity index (χ1v) is 9.96. The molecule has 0 radical (unpaired) electrons. The number of aryl methyl sites for hydroxylation is 1. The van der Waals surface area contributed by atoms with Crippen LogP contribution in [0.5, 0.6) is 5.75 Å². The fourth-order valence-electron chi connectivity index (χ4n) is 2.62. The Bertz CT molecular complexity index is 571. The van der Waals surface area contributed by atoms with Crippen molar-refractivity contribution in [3.05, 3.63) is 28.8 Å². The molecule has 1 aromatic rings. The Balaban J connectivity index is 2.19. The van der Waals surface area contributed by atoms with E-state index in [1.54, 1.807) is 12.1 Å². The Kier molecular flexibility index (Phi) is 11.0. The highest BCUT2D eigenvalue weighted by atomic mass is 35.5. The van der Waals surface area contributed by atoms with Crippen LogP contribution >= 0.6 is 11.6 Å². The number of benzene rings is 1. The molecule has 5 heteroatoms. The molecule has 0 aromatic heterocycles. The molecule has 0 spiro atoms. The lowest BCUT2D eigenvalue weighted by molar-refractivity contribution is -0.151. The van der Waals surface area contributed by atoms with Gasteiger partial charge in [0.25, 0.3) is 0 Å². The maximum Gasteiger partial charge on any atom is 0.311 e. The van der Waals surface area contributed by atoms with Gasteiger partial charge in [0.2, 0.25) is 0 Å². The van der Waals surface area contributed by atoms with Crippen LogP contribution in [0.4, 0.5) is 0 Å². The predicted molar refractivity (Wildman–Crippen MR) is 105 cm³/mol. The monoisotopic (exact) mass is 382 g/mol. The minimum absolute atomic E-state index is 0.0170. The molecule has 0 aliphatic heterocycles. The lowest BCUT2D eigenvalue weighted by Crippen LogP contribution is -2.17. The first-order valence-electron chi connectivity index (χ1n) is 9.58. The molecule has 1 rings (SSSR count). The van der Waals surface area contributed by atoms with Crippen molar-refractivity contribution in [1.82, 2.24) is 0 Å². The van der Waals surface area contributed by atoms with E-state index >= 15 is 0 Å². The maximum atomic E-state index is 11.8. The van der Waals surface area contributed by atoms with E-state index in [4.69, 9.17) is 21.1 Å². The van der Waals surface area contributed by atoms with Gasteiger partial charge in [-0.2, -0.15) is 0 Å². The van der Waals surface area contributed by atoms with Gasteiger partial charge < -0.3 is 9.47 Å². The van der Waals surface area contributed by atoms with Gasteiger partial charge in [-0.1, -0.05) is 56.7 Å². The van der Waals surface area contributed by atoms with Crippen LogP contribution in [-0.2, 0) is 14.3 Å². The third-order valence-electron chi connectivity index (χ3n) is 4.14.